The van der Waals surface area contributed by atoms with Gasteiger partial charge < -0.3 is 4.74 Å². The number of carbonyl (C=O) groups excluding carboxylic acids is 1. The summed E-state index contributed by atoms with van der Waals surface area (Å²) in [7, 11) is 1.41. The third kappa shape index (κ3) is 6.79. The molecule has 11 heteroatoms. The van der Waals surface area contributed by atoms with Gasteiger partial charge in [0.2, 0.25) is 0 Å². The Morgan fingerprint density at radius 3 is 2.13 bits per heavy atom. The van der Waals surface area contributed by atoms with Crippen LogP contribution in [0.25, 0.3) is 8.47 Å². The van der Waals surface area contributed by atoms with E-state index in [1.165, 1.54) is 35.4 Å². The Balaban J connectivity index is 1.88. The van der Waals surface area contributed by atoms with Gasteiger partial charge in [0.1, 0.15) is 12.6 Å². The Labute approximate surface area is 216 Å². The highest BCUT2D eigenvalue weighted by Gasteiger charge is 2.25. The lowest BCUT2D eigenvalue weighted by Crippen LogP contribution is -2.00. The molecule has 164 valence electrons. The number of rotatable bonds is 7. The summed E-state index contributed by atoms with van der Waals surface area (Å²) in [5, 5.41) is 1.86. The van der Waals surface area contributed by atoms with E-state index in [-0.39, 0.29) is 5.97 Å². The van der Waals surface area contributed by atoms with Gasteiger partial charge in [-0.2, -0.15) is 0 Å². The molecule has 1 aromatic heterocycles. The molecule has 0 unspecified atom stereocenters. The van der Waals surface area contributed by atoms with Crippen molar-refractivity contribution in [1.29, 1.82) is 0 Å². The van der Waals surface area contributed by atoms with Crippen LogP contribution < -0.4 is 8.38 Å². The Morgan fingerprint density at radius 2 is 1.60 bits per heavy atom. The molecule has 0 amide bonds. The SMILES string of the molecule is COC(=O)C1=CS/C(=c2\sc(=C3SC(SCC(C)C)=C(SCC(C)C)S3)sc2=S)S1. The van der Waals surface area contributed by atoms with Gasteiger partial charge in [-0.05, 0) is 17.2 Å². The van der Waals surface area contributed by atoms with Gasteiger partial charge in [-0.1, -0.05) is 87.0 Å². The van der Waals surface area contributed by atoms with Crippen LogP contribution in [0.2, 0.25) is 0 Å². The third-order valence-corrected chi connectivity index (χ3v) is 15.9. The van der Waals surface area contributed by atoms with Crippen LogP contribution in [0.3, 0.4) is 0 Å². The number of carbonyl (C=O) groups is 1. The monoisotopic (exact) mass is 570 g/mol. The average Bonchev–Trinajstić information content (AvgIpc) is 3.41. The van der Waals surface area contributed by atoms with E-state index in [4.69, 9.17) is 17.0 Å². The van der Waals surface area contributed by atoms with Crippen molar-refractivity contribution in [3.63, 3.8) is 0 Å². The second-order valence-electron chi connectivity index (χ2n) is 7.07. The fraction of sp³-hybridized carbons (Fsp3) is 0.474. The molecule has 0 aromatic carbocycles. The largest absolute Gasteiger partial charge is 0.465 e. The molecule has 2 nitrogen and oxygen atoms in total. The van der Waals surface area contributed by atoms with Crippen LogP contribution in [0, 0.1) is 15.7 Å². The maximum absolute atomic E-state index is 11.8. The smallest absolute Gasteiger partial charge is 0.345 e. The first-order chi connectivity index (χ1) is 14.3. The van der Waals surface area contributed by atoms with Crippen LogP contribution in [0.15, 0.2) is 18.8 Å². The van der Waals surface area contributed by atoms with Crippen LogP contribution in [0.5, 0.6) is 0 Å². The van der Waals surface area contributed by atoms with E-state index in [2.05, 4.69) is 27.7 Å². The highest BCUT2D eigenvalue weighted by molar-refractivity contribution is 8.46. The minimum absolute atomic E-state index is 0.284. The molecular weight excluding hydrogens is 549 g/mol. The number of ether oxygens (including phenoxy) is 1. The molecule has 2 aliphatic rings. The van der Waals surface area contributed by atoms with Crippen LogP contribution >= 0.6 is 105 Å². The van der Waals surface area contributed by atoms with Gasteiger partial charge in [0.05, 0.1) is 28.6 Å². The first-order valence-electron chi connectivity index (χ1n) is 9.15. The summed E-state index contributed by atoms with van der Waals surface area (Å²) >= 11 is 19.9. The van der Waals surface area contributed by atoms with Crippen molar-refractivity contribution >= 4 is 120 Å². The molecule has 0 radical (unpaired) electrons. The van der Waals surface area contributed by atoms with Gasteiger partial charge in [-0.25, -0.2) is 4.79 Å². The molecule has 0 atom stereocenters. The predicted octanol–water partition coefficient (Wildman–Crippen LogP) is 7.55. The standard InChI is InChI=1S/C19H22O2S9/c1-9(2)6-23-16-17(24-7-10(3)4)30-19(29-16)18-27-12(14(22)28-18)15-25-8-11(26-15)13(20)21-5/h8-10H,6-7H2,1-5H3/b15-12+. The molecule has 30 heavy (non-hydrogen) atoms. The van der Waals surface area contributed by atoms with Crippen molar-refractivity contribution in [2.75, 3.05) is 18.6 Å². The Morgan fingerprint density at radius 1 is 1.00 bits per heavy atom. The molecule has 0 N–H and O–H groups in total. The zero-order chi connectivity index (χ0) is 21.8. The number of esters is 1. The van der Waals surface area contributed by atoms with Crippen molar-refractivity contribution in [3.05, 3.63) is 31.0 Å². The van der Waals surface area contributed by atoms with Gasteiger partial charge in [0.25, 0.3) is 0 Å². The first-order valence-corrected chi connectivity index (χ1v) is 16.5. The molecule has 0 fully saturated rings. The number of hydrogen-bond acceptors (Lipinski definition) is 11. The van der Waals surface area contributed by atoms with Gasteiger partial charge in [-0.3, -0.25) is 0 Å². The summed E-state index contributed by atoms with van der Waals surface area (Å²) in [5.74, 6) is 3.34. The van der Waals surface area contributed by atoms with Gasteiger partial charge in [0, 0.05) is 11.5 Å². The van der Waals surface area contributed by atoms with Gasteiger partial charge in [-0.15, -0.1) is 46.2 Å². The number of methoxy groups -OCH3 is 1. The summed E-state index contributed by atoms with van der Waals surface area (Å²) in [6, 6.07) is 0. The second-order valence-corrected chi connectivity index (χ2v) is 17.1. The lowest BCUT2D eigenvalue weighted by molar-refractivity contribution is -0.135. The predicted molar refractivity (Wildman–Crippen MR) is 151 cm³/mol. The summed E-state index contributed by atoms with van der Waals surface area (Å²) in [4.78, 5) is 12.4. The normalized spacial score (nSPS) is 18.8. The van der Waals surface area contributed by atoms with Crippen LogP contribution in [-0.2, 0) is 9.53 Å². The molecular formula is C19H22O2S9. The zero-order valence-electron chi connectivity index (χ0n) is 17.1. The molecule has 0 aliphatic carbocycles. The molecule has 0 bridgehead atoms. The molecule has 1 aromatic rings. The van der Waals surface area contributed by atoms with E-state index >= 15 is 0 Å². The molecule has 3 rings (SSSR count). The first kappa shape index (κ1) is 25.7. The average molecular weight is 571 g/mol. The molecule has 0 spiro atoms. The third-order valence-electron chi connectivity index (χ3n) is 3.41. The summed E-state index contributed by atoms with van der Waals surface area (Å²) in [6.45, 7) is 9.09. The summed E-state index contributed by atoms with van der Waals surface area (Å²) in [5.41, 5.74) is 0. The fourth-order valence-electron chi connectivity index (χ4n) is 2.06. The maximum Gasteiger partial charge on any atom is 0.345 e. The van der Waals surface area contributed by atoms with E-state index in [0.717, 1.165) is 24.1 Å². The maximum atomic E-state index is 11.8. The topological polar surface area (TPSA) is 26.3 Å². The van der Waals surface area contributed by atoms with E-state index in [0.29, 0.717) is 16.7 Å². The molecule has 3 heterocycles. The lowest BCUT2D eigenvalue weighted by atomic mass is 10.3. The summed E-state index contributed by atoms with van der Waals surface area (Å²) in [6.07, 6.45) is 0. The van der Waals surface area contributed by atoms with Gasteiger partial charge >= 0.3 is 5.97 Å². The van der Waals surface area contributed by atoms with Crippen molar-refractivity contribution in [2.24, 2.45) is 11.8 Å². The Hall–Kier alpha value is 1.06. The Kier molecular flexibility index (Phi) is 10.2. The number of thioether (sulfide) groups is 6. The highest BCUT2D eigenvalue weighted by Crippen LogP contribution is 2.58. The lowest BCUT2D eigenvalue weighted by Gasteiger charge is -2.08. The van der Waals surface area contributed by atoms with E-state index in [1.54, 1.807) is 34.4 Å². The zero-order valence-corrected chi connectivity index (χ0v) is 24.5. The molecule has 2 aliphatic heterocycles. The minimum atomic E-state index is -0.284. The van der Waals surface area contributed by atoms with E-state index < -0.39 is 0 Å². The fourth-order valence-corrected chi connectivity index (χ4v) is 13.7. The second kappa shape index (κ2) is 12.0. The van der Waals surface area contributed by atoms with Crippen molar-refractivity contribution in [1.82, 2.24) is 0 Å². The molecule has 0 saturated carbocycles. The molecule has 0 saturated heterocycles. The Bertz CT molecular complexity index is 1020. The summed E-state index contributed by atoms with van der Waals surface area (Å²) < 4.78 is 13.4. The van der Waals surface area contributed by atoms with Crippen LogP contribution in [0.4, 0.5) is 0 Å². The van der Waals surface area contributed by atoms with E-state index in [9.17, 15) is 4.79 Å². The minimum Gasteiger partial charge on any atom is -0.465 e. The van der Waals surface area contributed by atoms with Crippen LogP contribution in [0.1, 0.15) is 27.7 Å². The van der Waals surface area contributed by atoms with Crippen molar-refractivity contribution < 1.29 is 9.53 Å². The van der Waals surface area contributed by atoms with Gasteiger partial charge in [0.15, 0.2) is 0 Å². The highest BCUT2D eigenvalue weighted by atomic mass is 32.3. The van der Waals surface area contributed by atoms with Crippen molar-refractivity contribution in [2.45, 2.75) is 27.7 Å². The van der Waals surface area contributed by atoms with Crippen LogP contribution in [-0.4, -0.2) is 24.6 Å². The van der Waals surface area contributed by atoms with E-state index in [1.807, 2.05) is 52.5 Å². The van der Waals surface area contributed by atoms with Crippen molar-refractivity contribution in [3.8, 4) is 0 Å². The number of hydrogen-bond donors (Lipinski definition) is 0. The quantitative estimate of drug-likeness (QED) is 0.243.